The monoisotopic (exact) mass is 291 g/mol. The van der Waals surface area contributed by atoms with Crippen LogP contribution in [0.4, 0.5) is 0 Å². The summed E-state index contributed by atoms with van der Waals surface area (Å²) in [7, 11) is 0. The summed E-state index contributed by atoms with van der Waals surface area (Å²) in [5.74, 6) is -1.94. The van der Waals surface area contributed by atoms with Crippen LogP contribution in [0.1, 0.15) is 11.1 Å². The minimum atomic E-state index is -1.05. The number of aliphatic carboxylic acids is 1. The van der Waals surface area contributed by atoms with E-state index in [0.717, 1.165) is 11.1 Å². The fourth-order valence-electron chi connectivity index (χ4n) is 2.35. The van der Waals surface area contributed by atoms with E-state index in [1.54, 1.807) is 0 Å². The van der Waals surface area contributed by atoms with Crippen molar-refractivity contribution in [1.29, 1.82) is 0 Å². The first kappa shape index (κ1) is 15.0. The fourth-order valence-corrected chi connectivity index (χ4v) is 2.35. The fraction of sp³-hybridized carbons (Fsp3) is 0.357. The number of carboxylic acids is 1. The topological polar surface area (TPSA) is 113 Å². The van der Waals surface area contributed by atoms with E-state index < -0.39 is 23.8 Å². The van der Waals surface area contributed by atoms with Gasteiger partial charge in [-0.25, -0.2) is 4.79 Å². The molecule has 0 bridgehead atoms. The molecule has 0 saturated heterocycles. The molecule has 1 aliphatic rings. The van der Waals surface area contributed by atoms with Gasteiger partial charge in [0.05, 0.1) is 13.1 Å². The lowest BCUT2D eigenvalue weighted by molar-refractivity contribution is -0.151. The van der Waals surface area contributed by atoms with Crippen molar-refractivity contribution in [2.24, 2.45) is 5.73 Å². The molecule has 1 aliphatic heterocycles. The third kappa shape index (κ3) is 3.38. The van der Waals surface area contributed by atoms with Gasteiger partial charge in [0.25, 0.3) is 0 Å². The molecule has 2 amide bonds. The Kier molecular flexibility index (Phi) is 4.54. The van der Waals surface area contributed by atoms with Crippen molar-refractivity contribution in [2.45, 2.75) is 19.0 Å². The van der Waals surface area contributed by atoms with Crippen molar-refractivity contribution in [3.8, 4) is 0 Å². The molecule has 112 valence electrons. The van der Waals surface area contributed by atoms with Crippen molar-refractivity contribution >= 4 is 17.8 Å². The average Bonchev–Trinajstić information content (AvgIpc) is 2.50. The molecule has 7 heteroatoms. The number of carbonyl (C=O) groups excluding carboxylic acids is 2. The lowest BCUT2D eigenvalue weighted by Gasteiger charge is -2.34. The standard InChI is InChI=1S/C14H17N3O4/c15-6-12(18)16-7-13(19)17-8-10-4-2-1-3-9(10)5-11(17)14(20)21/h1-4,11H,5-8,15H2,(H,16,18)(H,20,21)/t11-/m0/s1. The molecular weight excluding hydrogens is 274 g/mol. The number of fused-ring (bicyclic) bond motifs is 1. The number of amides is 2. The summed E-state index contributed by atoms with van der Waals surface area (Å²) in [5.41, 5.74) is 7.00. The number of benzene rings is 1. The van der Waals surface area contributed by atoms with Crippen LogP contribution in [0, 0.1) is 0 Å². The highest BCUT2D eigenvalue weighted by atomic mass is 16.4. The normalized spacial score (nSPS) is 17.0. The Morgan fingerprint density at radius 3 is 2.57 bits per heavy atom. The molecule has 0 unspecified atom stereocenters. The Bertz CT molecular complexity index is 573. The third-order valence-corrected chi connectivity index (χ3v) is 3.48. The molecule has 2 rings (SSSR count). The van der Waals surface area contributed by atoms with Gasteiger partial charge in [-0.2, -0.15) is 0 Å². The van der Waals surface area contributed by atoms with Crippen molar-refractivity contribution in [1.82, 2.24) is 10.2 Å². The first-order chi connectivity index (χ1) is 10.0. The van der Waals surface area contributed by atoms with Crippen LogP contribution in [0.5, 0.6) is 0 Å². The van der Waals surface area contributed by atoms with Crippen molar-refractivity contribution in [3.63, 3.8) is 0 Å². The molecule has 0 saturated carbocycles. The van der Waals surface area contributed by atoms with Crippen LogP contribution in [0.3, 0.4) is 0 Å². The molecule has 0 spiro atoms. The maximum atomic E-state index is 12.2. The molecule has 7 nitrogen and oxygen atoms in total. The van der Waals surface area contributed by atoms with E-state index in [9.17, 15) is 19.5 Å². The first-order valence-electron chi connectivity index (χ1n) is 6.58. The number of carboxylic acid groups (broad SMARTS) is 1. The van der Waals surface area contributed by atoms with E-state index in [2.05, 4.69) is 5.32 Å². The predicted molar refractivity (Wildman–Crippen MR) is 74.2 cm³/mol. The van der Waals surface area contributed by atoms with Crippen molar-refractivity contribution in [3.05, 3.63) is 35.4 Å². The molecular formula is C14H17N3O4. The molecule has 4 N–H and O–H groups in total. The smallest absolute Gasteiger partial charge is 0.326 e. The Labute approximate surface area is 121 Å². The third-order valence-electron chi connectivity index (χ3n) is 3.48. The molecule has 0 radical (unpaired) electrons. The maximum Gasteiger partial charge on any atom is 0.326 e. The van der Waals surface area contributed by atoms with E-state index >= 15 is 0 Å². The number of carbonyl (C=O) groups is 3. The molecule has 1 atom stereocenters. The second-order valence-electron chi connectivity index (χ2n) is 4.83. The van der Waals surface area contributed by atoms with Crippen molar-refractivity contribution < 1.29 is 19.5 Å². The van der Waals surface area contributed by atoms with Gasteiger partial charge >= 0.3 is 5.97 Å². The summed E-state index contributed by atoms with van der Waals surface area (Å²) >= 11 is 0. The summed E-state index contributed by atoms with van der Waals surface area (Å²) in [6, 6.07) is 6.51. The lowest BCUT2D eigenvalue weighted by atomic mass is 9.94. The van der Waals surface area contributed by atoms with Gasteiger partial charge in [0.1, 0.15) is 6.04 Å². The highest BCUT2D eigenvalue weighted by Gasteiger charge is 2.34. The SMILES string of the molecule is NCC(=O)NCC(=O)N1Cc2ccccc2C[C@H]1C(=O)O. The Morgan fingerprint density at radius 1 is 1.29 bits per heavy atom. The van der Waals surface area contributed by atoms with Crippen LogP contribution in [0.2, 0.25) is 0 Å². The first-order valence-corrected chi connectivity index (χ1v) is 6.58. The zero-order valence-corrected chi connectivity index (χ0v) is 11.4. The van der Waals surface area contributed by atoms with Gasteiger partial charge in [-0.05, 0) is 11.1 Å². The summed E-state index contributed by atoms with van der Waals surface area (Å²) in [5, 5.41) is 11.7. The second kappa shape index (κ2) is 6.36. The van der Waals surface area contributed by atoms with Crippen LogP contribution in [0.25, 0.3) is 0 Å². The zero-order chi connectivity index (χ0) is 15.4. The van der Waals surface area contributed by atoms with E-state index in [-0.39, 0.29) is 26.1 Å². The molecule has 1 aromatic carbocycles. The van der Waals surface area contributed by atoms with E-state index in [1.807, 2.05) is 24.3 Å². The average molecular weight is 291 g/mol. The van der Waals surface area contributed by atoms with Gasteiger partial charge in [-0.3, -0.25) is 9.59 Å². The van der Waals surface area contributed by atoms with Crippen LogP contribution in [-0.2, 0) is 27.3 Å². The highest BCUT2D eigenvalue weighted by molar-refractivity contribution is 5.88. The maximum absolute atomic E-state index is 12.2. The van der Waals surface area contributed by atoms with Crippen LogP contribution in [-0.4, -0.2) is 46.9 Å². The number of hydrogen-bond acceptors (Lipinski definition) is 4. The van der Waals surface area contributed by atoms with Gasteiger partial charge in [0, 0.05) is 13.0 Å². The van der Waals surface area contributed by atoms with E-state index in [0.29, 0.717) is 0 Å². The van der Waals surface area contributed by atoms with E-state index in [1.165, 1.54) is 4.90 Å². The van der Waals surface area contributed by atoms with Gasteiger partial charge in [-0.1, -0.05) is 24.3 Å². The van der Waals surface area contributed by atoms with Crippen LogP contribution < -0.4 is 11.1 Å². The van der Waals surface area contributed by atoms with Crippen LogP contribution in [0.15, 0.2) is 24.3 Å². The summed E-state index contributed by atoms with van der Waals surface area (Å²) in [6.45, 7) is -0.231. The molecule has 21 heavy (non-hydrogen) atoms. The Balaban J connectivity index is 2.14. The molecule has 1 heterocycles. The number of hydrogen-bond donors (Lipinski definition) is 3. The molecule has 0 fully saturated rings. The van der Waals surface area contributed by atoms with Crippen molar-refractivity contribution in [2.75, 3.05) is 13.1 Å². The lowest BCUT2D eigenvalue weighted by Crippen LogP contribution is -2.51. The minimum absolute atomic E-state index is 0.210. The number of nitrogens with one attached hydrogen (secondary N) is 1. The Hall–Kier alpha value is -2.41. The summed E-state index contributed by atoms with van der Waals surface area (Å²) in [4.78, 5) is 35.9. The minimum Gasteiger partial charge on any atom is -0.480 e. The quantitative estimate of drug-likeness (QED) is 0.665. The molecule has 1 aromatic rings. The number of nitrogens with two attached hydrogens (primary N) is 1. The van der Waals surface area contributed by atoms with Gasteiger partial charge < -0.3 is 21.1 Å². The number of nitrogens with zero attached hydrogens (tertiary/aromatic N) is 1. The highest BCUT2D eigenvalue weighted by Crippen LogP contribution is 2.23. The molecule has 0 aliphatic carbocycles. The molecule has 0 aromatic heterocycles. The number of rotatable bonds is 4. The van der Waals surface area contributed by atoms with Gasteiger partial charge in [0.2, 0.25) is 11.8 Å². The van der Waals surface area contributed by atoms with Crippen LogP contribution >= 0.6 is 0 Å². The largest absolute Gasteiger partial charge is 0.480 e. The summed E-state index contributed by atoms with van der Waals surface area (Å²) < 4.78 is 0. The van der Waals surface area contributed by atoms with E-state index in [4.69, 9.17) is 5.73 Å². The van der Waals surface area contributed by atoms with Gasteiger partial charge in [0.15, 0.2) is 0 Å². The summed E-state index contributed by atoms with van der Waals surface area (Å²) in [6.07, 6.45) is 0.266. The Morgan fingerprint density at radius 2 is 1.95 bits per heavy atom. The predicted octanol–water partition coefficient (Wildman–Crippen LogP) is -0.901. The zero-order valence-electron chi connectivity index (χ0n) is 11.4. The second-order valence-corrected chi connectivity index (χ2v) is 4.83. The van der Waals surface area contributed by atoms with Gasteiger partial charge in [-0.15, -0.1) is 0 Å².